The van der Waals surface area contributed by atoms with Crippen molar-refractivity contribution in [1.29, 1.82) is 0 Å². The van der Waals surface area contributed by atoms with Crippen molar-refractivity contribution >= 4 is 26.8 Å². The van der Waals surface area contributed by atoms with Crippen LogP contribution in [0.4, 0.5) is 0 Å². The third-order valence-corrected chi connectivity index (χ3v) is 6.58. The molecule has 1 aromatic heterocycles. The van der Waals surface area contributed by atoms with Crippen molar-refractivity contribution in [3.63, 3.8) is 0 Å². The van der Waals surface area contributed by atoms with Crippen LogP contribution in [0.1, 0.15) is 33.6 Å². The highest BCUT2D eigenvalue weighted by Crippen LogP contribution is 2.17. The molecule has 1 saturated heterocycles. The fourth-order valence-electron chi connectivity index (χ4n) is 3.47. The zero-order valence-corrected chi connectivity index (χ0v) is 17.9. The zero-order valence-electron chi connectivity index (χ0n) is 17.1. The smallest absolute Gasteiger partial charge is 0.331 e. The van der Waals surface area contributed by atoms with Crippen molar-refractivity contribution in [3.8, 4) is 0 Å². The molecule has 29 heavy (non-hydrogen) atoms. The molecule has 1 aliphatic heterocycles. The Bertz CT molecular complexity index is 1180. The van der Waals surface area contributed by atoms with Gasteiger partial charge in [0.15, 0.2) is 0 Å². The first-order valence-corrected chi connectivity index (χ1v) is 10.9. The van der Waals surface area contributed by atoms with Gasteiger partial charge in [-0.1, -0.05) is 0 Å². The van der Waals surface area contributed by atoms with E-state index in [2.05, 4.69) is 4.72 Å². The summed E-state index contributed by atoms with van der Waals surface area (Å²) in [5.74, 6) is -0.292. The molecule has 2 heterocycles. The predicted octanol–water partition coefficient (Wildman–Crippen LogP) is 0.399. The third-order valence-electron chi connectivity index (χ3n) is 4.83. The van der Waals surface area contributed by atoms with E-state index in [-0.39, 0.29) is 22.7 Å². The lowest BCUT2D eigenvalue weighted by atomic mass is 10.1. The molecule has 2 aromatic rings. The molecule has 0 saturated carbocycles. The topological polar surface area (TPSA) is 110 Å². The van der Waals surface area contributed by atoms with E-state index in [0.29, 0.717) is 18.6 Å². The molecule has 1 N–H and O–H groups in total. The number of fused-ring (bicyclic) bond motifs is 1. The quantitative estimate of drug-likeness (QED) is 0.767. The molecular formula is C19H26N4O5S. The molecule has 1 aromatic carbocycles. The van der Waals surface area contributed by atoms with Crippen molar-refractivity contribution in [2.75, 3.05) is 13.1 Å². The van der Waals surface area contributed by atoms with Crippen LogP contribution in [0, 0.1) is 0 Å². The van der Waals surface area contributed by atoms with Gasteiger partial charge in [-0.15, -0.1) is 0 Å². The Morgan fingerprint density at radius 1 is 1.14 bits per heavy atom. The summed E-state index contributed by atoms with van der Waals surface area (Å²) in [6.07, 6.45) is 1.80. The van der Waals surface area contributed by atoms with E-state index in [0.717, 1.165) is 17.4 Å². The molecule has 158 valence electrons. The molecule has 0 aliphatic carbocycles. The summed E-state index contributed by atoms with van der Waals surface area (Å²) < 4.78 is 29.9. The van der Waals surface area contributed by atoms with Crippen molar-refractivity contribution in [3.05, 3.63) is 39.0 Å². The number of sulfonamides is 1. The van der Waals surface area contributed by atoms with Gasteiger partial charge in [-0.05, 0) is 51.8 Å². The van der Waals surface area contributed by atoms with Gasteiger partial charge >= 0.3 is 5.69 Å². The van der Waals surface area contributed by atoms with Crippen molar-refractivity contribution < 1.29 is 13.2 Å². The molecule has 1 fully saturated rings. The molecule has 0 spiro atoms. The fourth-order valence-corrected chi connectivity index (χ4v) is 4.91. The first-order valence-electron chi connectivity index (χ1n) is 9.46. The van der Waals surface area contributed by atoms with Crippen LogP contribution in [0.2, 0.25) is 0 Å². The monoisotopic (exact) mass is 422 g/mol. The maximum absolute atomic E-state index is 13.0. The van der Waals surface area contributed by atoms with Gasteiger partial charge in [0.2, 0.25) is 15.9 Å². The Morgan fingerprint density at radius 2 is 1.76 bits per heavy atom. The summed E-state index contributed by atoms with van der Waals surface area (Å²) in [5, 5.41) is 0.0677. The standard InChI is InChI=1S/C19H26N4O5S/c1-19(2,3)20-29(27,28)13-7-8-15-14(11-13)17(25)23(18(26)21(15)4)12-16(24)22-9-5-6-10-22/h7-8,11,20H,5-6,9-10,12H2,1-4H3. The summed E-state index contributed by atoms with van der Waals surface area (Å²) in [7, 11) is -2.37. The molecular weight excluding hydrogens is 396 g/mol. The molecule has 10 heteroatoms. The minimum Gasteiger partial charge on any atom is -0.341 e. The number of benzene rings is 1. The molecule has 0 atom stereocenters. The number of carbonyl (C=O) groups excluding carboxylic acids is 1. The number of hydrogen-bond donors (Lipinski definition) is 1. The maximum Gasteiger partial charge on any atom is 0.331 e. The molecule has 0 bridgehead atoms. The SMILES string of the molecule is Cn1c(=O)n(CC(=O)N2CCCC2)c(=O)c2cc(S(=O)(=O)NC(C)(C)C)ccc21. The van der Waals surface area contributed by atoms with E-state index in [1.807, 2.05) is 0 Å². The Kier molecular flexibility index (Phi) is 5.44. The Hall–Kier alpha value is -2.46. The number of amides is 1. The average molecular weight is 423 g/mol. The molecule has 1 amide bonds. The number of hydrogen-bond acceptors (Lipinski definition) is 5. The zero-order chi connectivity index (χ0) is 21.6. The lowest BCUT2D eigenvalue weighted by Gasteiger charge is -2.20. The van der Waals surface area contributed by atoms with E-state index < -0.39 is 26.8 Å². The van der Waals surface area contributed by atoms with Gasteiger partial charge in [0.05, 0.1) is 15.8 Å². The van der Waals surface area contributed by atoms with Crippen molar-refractivity contribution in [2.45, 2.75) is 50.6 Å². The predicted molar refractivity (Wildman–Crippen MR) is 109 cm³/mol. The lowest BCUT2D eigenvalue weighted by Crippen LogP contribution is -2.44. The van der Waals surface area contributed by atoms with Gasteiger partial charge in [0.1, 0.15) is 6.54 Å². The van der Waals surface area contributed by atoms with Gasteiger partial charge < -0.3 is 4.90 Å². The highest BCUT2D eigenvalue weighted by Gasteiger charge is 2.24. The first kappa shape index (κ1) is 21.3. The number of carbonyl (C=O) groups is 1. The number of likely N-dealkylation sites (tertiary alicyclic amines) is 1. The van der Waals surface area contributed by atoms with Crippen LogP contribution in [0.3, 0.4) is 0 Å². The molecule has 9 nitrogen and oxygen atoms in total. The van der Waals surface area contributed by atoms with Crippen LogP contribution in [-0.2, 0) is 28.4 Å². The van der Waals surface area contributed by atoms with E-state index in [1.54, 1.807) is 25.7 Å². The fraction of sp³-hybridized carbons (Fsp3) is 0.526. The minimum atomic E-state index is -3.86. The van der Waals surface area contributed by atoms with Gasteiger partial charge in [-0.3, -0.25) is 18.7 Å². The highest BCUT2D eigenvalue weighted by atomic mass is 32.2. The number of aromatic nitrogens is 2. The summed E-state index contributed by atoms with van der Waals surface area (Å²) in [6.45, 7) is 6.01. The second kappa shape index (κ2) is 7.42. The summed E-state index contributed by atoms with van der Waals surface area (Å²) in [5.41, 5.74) is -1.68. The highest BCUT2D eigenvalue weighted by molar-refractivity contribution is 7.89. The van der Waals surface area contributed by atoms with E-state index in [9.17, 15) is 22.8 Å². The maximum atomic E-state index is 13.0. The van der Waals surface area contributed by atoms with Crippen LogP contribution >= 0.6 is 0 Å². The second-order valence-electron chi connectivity index (χ2n) is 8.36. The molecule has 0 radical (unpaired) electrons. The second-order valence-corrected chi connectivity index (χ2v) is 10.0. The minimum absolute atomic E-state index is 0.0677. The van der Waals surface area contributed by atoms with E-state index in [4.69, 9.17) is 0 Å². The van der Waals surface area contributed by atoms with Crippen LogP contribution < -0.4 is 16.0 Å². The van der Waals surface area contributed by atoms with E-state index >= 15 is 0 Å². The number of rotatable bonds is 4. The lowest BCUT2D eigenvalue weighted by molar-refractivity contribution is -0.130. The van der Waals surface area contributed by atoms with Crippen molar-refractivity contribution in [1.82, 2.24) is 18.8 Å². The summed E-state index contributed by atoms with van der Waals surface area (Å²) >= 11 is 0. The largest absolute Gasteiger partial charge is 0.341 e. The van der Waals surface area contributed by atoms with Gasteiger partial charge in [0.25, 0.3) is 5.56 Å². The molecule has 0 unspecified atom stereocenters. The Labute approximate surface area is 169 Å². The van der Waals surface area contributed by atoms with Crippen LogP contribution in [0.25, 0.3) is 10.9 Å². The summed E-state index contributed by atoms with van der Waals surface area (Å²) in [4.78, 5) is 39.6. The van der Waals surface area contributed by atoms with Crippen LogP contribution in [-0.4, -0.2) is 47.0 Å². The van der Waals surface area contributed by atoms with Gasteiger partial charge in [-0.2, -0.15) is 0 Å². The third kappa shape index (κ3) is 4.27. The van der Waals surface area contributed by atoms with Gasteiger partial charge in [-0.25, -0.2) is 17.9 Å². The Morgan fingerprint density at radius 3 is 2.34 bits per heavy atom. The average Bonchev–Trinajstić information content (AvgIpc) is 3.15. The number of nitrogens with one attached hydrogen (secondary N) is 1. The summed E-state index contributed by atoms with van der Waals surface area (Å²) in [6, 6.07) is 4.04. The molecule has 1 aliphatic rings. The van der Waals surface area contributed by atoms with Crippen LogP contribution in [0.15, 0.2) is 32.7 Å². The van der Waals surface area contributed by atoms with E-state index in [1.165, 1.54) is 29.8 Å². The molecule has 3 rings (SSSR count). The normalized spacial score (nSPS) is 15.2. The van der Waals surface area contributed by atoms with Gasteiger partial charge in [0, 0.05) is 25.7 Å². The van der Waals surface area contributed by atoms with Crippen molar-refractivity contribution in [2.24, 2.45) is 7.05 Å². The first-order chi connectivity index (χ1) is 13.4. The number of aryl methyl sites for hydroxylation is 1. The number of nitrogens with zero attached hydrogens (tertiary/aromatic N) is 3. The van der Waals surface area contributed by atoms with Crippen LogP contribution in [0.5, 0.6) is 0 Å². The Balaban J connectivity index is 2.11.